The standard InChI is InChI=1S/C17H28N2O2/c1-6-16(19(7-2)8-3)17(20)21-13-14-10-9-11-15(12-14)18(4)5/h9-12,16H,6-8,13H2,1-5H3/t16-/m1/s1. The third-order valence-electron chi connectivity index (χ3n) is 3.72. The predicted molar refractivity (Wildman–Crippen MR) is 87.6 cm³/mol. The van der Waals surface area contributed by atoms with Gasteiger partial charge >= 0.3 is 5.97 Å². The first-order valence-corrected chi connectivity index (χ1v) is 7.70. The molecule has 0 unspecified atom stereocenters. The smallest absolute Gasteiger partial charge is 0.323 e. The van der Waals surface area contributed by atoms with Crippen LogP contribution in [0.2, 0.25) is 0 Å². The van der Waals surface area contributed by atoms with Crippen LogP contribution < -0.4 is 4.90 Å². The van der Waals surface area contributed by atoms with E-state index in [1.54, 1.807) is 0 Å². The van der Waals surface area contributed by atoms with Gasteiger partial charge in [-0.05, 0) is 37.2 Å². The molecule has 118 valence electrons. The second-order valence-corrected chi connectivity index (χ2v) is 5.32. The van der Waals surface area contributed by atoms with Crippen molar-refractivity contribution in [1.29, 1.82) is 0 Å². The molecule has 4 heteroatoms. The SMILES string of the molecule is CC[C@H](C(=O)OCc1cccc(N(C)C)c1)N(CC)CC. The molecule has 0 bridgehead atoms. The number of benzene rings is 1. The summed E-state index contributed by atoms with van der Waals surface area (Å²) in [6, 6.07) is 7.91. The molecule has 0 saturated heterocycles. The summed E-state index contributed by atoms with van der Waals surface area (Å²) in [5.74, 6) is -0.128. The molecule has 0 radical (unpaired) electrons. The van der Waals surface area contributed by atoms with Crippen molar-refractivity contribution >= 4 is 11.7 Å². The fourth-order valence-electron chi connectivity index (χ4n) is 2.41. The molecule has 0 amide bonds. The molecule has 0 aromatic heterocycles. The van der Waals surface area contributed by atoms with Gasteiger partial charge in [0.2, 0.25) is 0 Å². The van der Waals surface area contributed by atoms with E-state index in [4.69, 9.17) is 4.74 Å². The number of ether oxygens (including phenoxy) is 1. The highest BCUT2D eigenvalue weighted by Gasteiger charge is 2.23. The maximum atomic E-state index is 12.3. The molecule has 21 heavy (non-hydrogen) atoms. The van der Waals surface area contributed by atoms with Crippen LogP contribution in [0.25, 0.3) is 0 Å². The number of nitrogens with zero attached hydrogens (tertiary/aromatic N) is 2. The Hall–Kier alpha value is -1.55. The van der Waals surface area contributed by atoms with Gasteiger partial charge in [-0.15, -0.1) is 0 Å². The van der Waals surface area contributed by atoms with E-state index in [1.165, 1.54) is 0 Å². The summed E-state index contributed by atoms with van der Waals surface area (Å²) in [5.41, 5.74) is 2.13. The number of likely N-dealkylation sites (N-methyl/N-ethyl adjacent to an activating group) is 1. The number of carbonyl (C=O) groups is 1. The Morgan fingerprint density at radius 1 is 1.19 bits per heavy atom. The second-order valence-electron chi connectivity index (χ2n) is 5.32. The minimum Gasteiger partial charge on any atom is -0.460 e. The van der Waals surface area contributed by atoms with Crippen LogP contribution in [0.3, 0.4) is 0 Å². The van der Waals surface area contributed by atoms with Crippen molar-refractivity contribution in [1.82, 2.24) is 4.90 Å². The molecule has 0 fully saturated rings. The molecule has 4 nitrogen and oxygen atoms in total. The van der Waals surface area contributed by atoms with Gasteiger partial charge in [0.15, 0.2) is 0 Å². The number of esters is 1. The van der Waals surface area contributed by atoms with Gasteiger partial charge in [0, 0.05) is 19.8 Å². The molecule has 0 heterocycles. The summed E-state index contributed by atoms with van der Waals surface area (Å²) >= 11 is 0. The van der Waals surface area contributed by atoms with Crippen molar-refractivity contribution in [3.8, 4) is 0 Å². The lowest BCUT2D eigenvalue weighted by molar-refractivity contribution is -0.151. The summed E-state index contributed by atoms with van der Waals surface area (Å²) in [5, 5.41) is 0. The molecule has 0 aliphatic carbocycles. The van der Waals surface area contributed by atoms with Crippen LogP contribution in [0.1, 0.15) is 32.8 Å². The Bertz CT molecular complexity index is 442. The first-order valence-electron chi connectivity index (χ1n) is 7.70. The van der Waals surface area contributed by atoms with Crippen molar-refractivity contribution in [2.24, 2.45) is 0 Å². The Kier molecular flexibility index (Phi) is 7.23. The van der Waals surface area contributed by atoms with Crippen molar-refractivity contribution in [3.63, 3.8) is 0 Å². The fraction of sp³-hybridized carbons (Fsp3) is 0.588. The van der Waals surface area contributed by atoms with E-state index < -0.39 is 0 Å². The second kappa shape index (κ2) is 8.67. The van der Waals surface area contributed by atoms with E-state index in [-0.39, 0.29) is 12.0 Å². The molecule has 1 aromatic rings. The highest BCUT2D eigenvalue weighted by Crippen LogP contribution is 2.15. The quantitative estimate of drug-likeness (QED) is 0.690. The number of carbonyl (C=O) groups excluding carboxylic acids is 1. The predicted octanol–water partition coefficient (Wildman–Crippen LogP) is 2.92. The maximum Gasteiger partial charge on any atom is 0.323 e. The van der Waals surface area contributed by atoms with E-state index in [1.807, 2.05) is 50.2 Å². The van der Waals surface area contributed by atoms with Gasteiger partial charge in [-0.3, -0.25) is 9.69 Å². The van der Waals surface area contributed by atoms with Crippen LogP contribution >= 0.6 is 0 Å². The van der Waals surface area contributed by atoms with Crippen LogP contribution in [0.5, 0.6) is 0 Å². The minimum absolute atomic E-state index is 0.128. The van der Waals surface area contributed by atoms with E-state index in [2.05, 4.69) is 18.7 Å². The molecule has 0 spiro atoms. The van der Waals surface area contributed by atoms with E-state index in [0.717, 1.165) is 30.8 Å². The van der Waals surface area contributed by atoms with E-state index >= 15 is 0 Å². The molecule has 0 aliphatic heterocycles. The molecule has 0 saturated carbocycles. The van der Waals surface area contributed by atoms with Crippen molar-refractivity contribution in [2.45, 2.75) is 39.8 Å². The van der Waals surface area contributed by atoms with Crippen LogP contribution in [-0.4, -0.2) is 44.1 Å². The summed E-state index contributed by atoms with van der Waals surface area (Å²) in [7, 11) is 4.00. The molecule has 1 rings (SSSR count). The van der Waals surface area contributed by atoms with Crippen LogP contribution in [0, 0.1) is 0 Å². The monoisotopic (exact) mass is 292 g/mol. The molecular formula is C17H28N2O2. The van der Waals surface area contributed by atoms with Gasteiger partial charge in [-0.25, -0.2) is 0 Å². The van der Waals surface area contributed by atoms with E-state index in [0.29, 0.717) is 6.61 Å². The zero-order valence-corrected chi connectivity index (χ0v) is 13.9. The molecule has 1 aromatic carbocycles. The number of anilines is 1. The van der Waals surface area contributed by atoms with Gasteiger partial charge in [-0.1, -0.05) is 32.9 Å². The van der Waals surface area contributed by atoms with Gasteiger partial charge in [0.1, 0.15) is 12.6 Å². The Labute approximate surface area is 128 Å². The molecule has 0 aliphatic rings. The van der Waals surface area contributed by atoms with Gasteiger partial charge in [0.05, 0.1) is 0 Å². The summed E-state index contributed by atoms with van der Waals surface area (Å²) in [6.45, 7) is 8.22. The highest BCUT2D eigenvalue weighted by atomic mass is 16.5. The minimum atomic E-state index is -0.142. The highest BCUT2D eigenvalue weighted by molar-refractivity contribution is 5.75. The van der Waals surface area contributed by atoms with Crippen LogP contribution in [-0.2, 0) is 16.1 Å². The van der Waals surface area contributed by atoms with Crippen LogP contribution in [0.4, 0.5) is 5.69 Å². The number of hydrogen-bond acceptors (Lipinski definition) is 4. The third-order valence-corrected chi connectivity index (χ3v) is 3.72. The first-order chi connectivity index (χ1) is 10.0. The lowest BCUT2D eigenvalue weighted by Gasteiger charge is -2.26. The number of hydrogen-bond donors (Lipinski definition) is 0. The van der Waals surface area contributed by atoms with Crippen LogP contribution in [0.15, 0.2) is 24.3 Å². The topological polar surface area (TPSA) is 32.8 Å². The molecule has 1 atom stereocenters. The average molecular weight is 292 g/mol. The molecule has 0 N–H and O–H groups in total. The summed E-state index contributed by atoms with van der Waals surface area (Å²) in [4.78, 5) is 16.4. The average Bonchev–Trinajstić information content (AvgIpc) is 2.50. The fourth-order valence-corrected chi connectivity index (χ4v) is 2.41. The zero-order chi connectivity index (χ0) is 15.8. The van der Waals surface area contributed by atoms with Crippen molar-refractivity contribution < 1.29 is 9.53 Å². The normalized spacial score (nSPS) is 12.3. The largest absolute Gasteiger partial charge is 0.460 e. The van der Waals surface area contributed by atoms with Gasteiger partial charge in [-0.2, -0.15) is 0 Å². The first kappa shape index (κ1) is 17.5. The Morgan fingerprint density at radius 2 is 1.86 bits per heavy atom. The Balaban J connectivity index is 2.65. The molecular weight excluding hydrogens is 264 g/mol. The summed E-state index contributed by atoms with van der Waals surface area (Å²) in [6.07, 6.45) is 0.776. The maximum absolute atomic E-state index is 12.3. The Morgan fingerprint density at radius 3 is 2.38 bits per heavy atom. The van der Waals surface area contributed by atoms with Crippen molar-refractivity contribution in [3.05, 3.63) is 29.8 Å². The summed E-state index contributed by atoms with van der Waals surface area (Å²) < 4.78 is 5.50. The van der Waals surface area contributed by atoms with Gasteiger partial charge in [0.25, 0.3) is 0 Å². The third kappa shape index (κ3) is 5.05. The van der Waals surface area contributed by atoms with Gasteiger partial charge < -0.3 is 9.64 Å². The van der Waals surface area contributed by atoms with E-state index in [9.17, 15) is 4.79 Å². The van der Waals surface area contributed by atoms with Crippen molar-refractivity contribution in [2.75, 3.05) is 32.1 Å². The lowest BCUT2D eigenvalue weighted by atomic mass is 10.2. The zero-order valence-electron chi connectivity index (χ0n) is 13.9. The number of rotatable bonds is 8. The lowest BCUT2D eigenvalue weighted by Crippen LogP contribution is -2.41.